The van der Waals surface area contributed by atoms with E-state index in [9.17, 15) is 14.5 Å². The molecule has 0 aliphatic rings. The Hall–Kier alpha value is -1.66. The van der Waals surface area contributed by atoms with E-state index in [0.29, 0.717) is 0 Å². The molecule has 0 aromatic carbocycles. The van der Waals surface area contributed by atoms with Gasteiger partial charge in [0, 0.05) is 6.92 Å². The van der Waals surface area contributed by atoms with Crippen molar-refractivity contribution in [3.63, 3.8) is 0 Å². The lowest BCUT2D eigenvalue weighted by Gasteiger charge is -2.12. The van der Waals surface area contributed by atoms with Crippen LogP contribution >= 0.6 is 0 Å². The summed E-state index contributed by atoms with van der Waals surface area (Å²) in [5.74, 6) is -1.19. The average Bonchev–Trinajstić information content (AvgIpc) is 2.11. The number of carbonyl (C=O) groups is 2. The molecule has 0 atom stereocenters. The predicted octanol–water partition coefficient (Wildman–Crippen LogP) is -0.337. The number of nitroso groups, excluding NO2 is 1. The van der Waals surface area contributed by atoms with Gasteiger partial charge in [-0.2, -0.15) is 0 Å². The van der Waals surface area contributed by atoms with Crippen molar-refractivity contribution < 1.29 is 19.1 Å². The van der Waals surface area contributed by atoms with Crippen LogP contribution < -0.4 is 0 Å². The minimum Gasteiger partial charge on any atom is -0.468 e. The van der Waals surface area contributed by atoms with Gasteiger partial charge in [-0.1, -0.05) is 0 Å². The largest absolute Gasteiger partial charge is 0.468 e. The zero-order valence-corrected chi connectivity index (χ0v) is 7.35. The highest BCUT2D eigenvalue weighted by atomic mass is 16.6. The maximum Gasteiger partial charge on any atom is 0.327 e. The van der Waals surface area contributed by atoms with E-state index in [2.05, 4.69) is 14.8 Å². The van der Waals surface area contributed by atoms with E-state index in [0.717, 1.165) is 5.01 Å². The fraction of sp³-hybridized carbons (Fsp3) is 0.667. The van der Waals surface area contributed by atoms with Crippen molar-refractivity contribution in [3.8, 4) is 0 Å². The van der Waals surface area contributed by atoms with Gasteiger partial charge in [-0.15, -0.1) is 4.91 Å². The number of nitrogens with zero attached hydrogens (tertiary/aromatic N) is 2. The van der Waals surface area contributed by atoms with Crippen LogP contribution in [0, 0.1) is 4.91 Å². The van der Waals surface area contributed by atoms with Gasteiger partial charge in [0.05, 0.1) is 12.4 Å². The van der Waals surface area contributed by atoms with Crippen LogP contribution in [-0.4, -0.2) is 37.3 Å². The van der Waals surface area contributed by atoms with Crippen molar-refractivity contribution in [2.45, 2.75) is 6.92 Å². The van der Waals surface area contributed by atoms with Gasteiger partial charge in [0.1, 0.15) is 6.54 Å². The smallest absolute Gasteiger partial charge is 0.327 e. The molecule has 0 spiro atoms. The Bertz CT molecular complexity index is 205. The Morgan fingerprint density at radius 2 is 2.08 bits per heavy atom. The number of esters is 2. The third-order valence-electron chi connectivity index (χ3n) is 1.07. The highest BCUT2D eigenvalue weighted by molar-refractivity contribution is 5.71. The molecule has 0 N–H and O–H groups in total. The molecule has 7 nitrogen and oxygen atoms in total. The molecule has 0 rings (SSSR count). The first-order chi connectivity index (χ1) is 6.10. The number of hydrogen-bond donors (Lipinski definition) is 0. The number of carbonyl (C=O) groups excluding carboxylic acids is 2. The molecule has 0 aromatic rings. The van der Waals surface area contributed by atoms with Crippen molar-refractivity contribution in [1.82, 2.24) is 5.01 Å². The van der Waals surface area contributed by atoms with Crippen LogP contribution in [0.5, 0.6) is 0 Å². The summed E-state index contributed by atoms with van der Waals surface area (Å²) >= 11 is 0. The minimum absolute atomic E-state index is 0.340. The Balaban J connectivity index is 3.82. The third kappa shape index (κ3) is 5.59. The molecule has 0 fully saturated rings. The van der Waals surface area contributed by atoms with Gasteiger partial charge in [0.25, 0.3) is 0 Å². The normalized spacial score (nSPS) is 8.77. The van der Waals surface area contributed by atoms with Gasteiger partial charge >= 0.3 is 11.9 Å². The maximum atomic E-state index is 10.6. The first-order valence-electron chi connectivity index (χ1n) is 3.38. The lowest BCUT2D eigenvalue weighted by molar-refractivity contribution is -0.151. The van der Waals surface area contributed by atoms with Gasteiger partial charge in [-0.25, -0.2) is 5.01 Å². The Labute approximate surface area is 74.5 Å². The summed E-state index contributed by atoms with van der Waals surface area (Å²) in [6.45, 7) is 0.488. The van der Waals surface area contributed by atoms with Crippen LogP contribution in [0.3, 0.4) is 0 Å². The van der Waals surface area contributed by atoms with E-state index in [1.165, 1.54) is 14.0 Å². The fourth-order valence-electron chi connectivity index (χ4n) is 0.477. The summed E-state index contributed by atoms with van der Waals surface area (Å²) in [4.78, 5) is 31.0. The first kappa shape index (κ1) is 11.3. The van der Waals surface area contributed by atoms with Gasteiger partial charge in [-0.3, -0.25) is 9.59 Å². The Morgan fingerprint density at radius 1 is 1.46 bits per heavy atom. The van der Waals surface area contributed by atoms with E-state index in [1.807, 2.05) is 0 Å². The molecular weight excluding hydrogens is 180 g/mol. The third-order valence-corrected chi connectivity index (χ3v) is 1.07. The lowest BCUT2D eigenvalue weighted by Crippen LogP contribution is -2.28. The summed E-state index contributed by atoms with van der Waals surface area (Å²) in [5.41, 5.74) is 0. The molecule has 0 heterocycles. The van der Waals surface area contributed by atoms with Crippen molar-refractivity contribution in [2.24, 2.45) is 5.29 Å². The van der Waals surface area contributed by atoms with Crippen LogP contribution in [0.4, 0.5) is 0 Å². The number of rotatable bonds is 5. The number of hydrogen-bond acceptors (Lipinski definition) is 6. The zero-order chi connectivity index (χ0) is 10.3. The standard InChI is InChI=1S/C6H10N2O5/c1-5(9)13-4-8(7-11)3-6(10)12-2/h3-4H2,1-2H3. The van der Waals surface area contributed by atoms with Crippen molar-refractivity contribution in [3.05, 3.63) is 4.91 Å². The predicted molar refractivity (Wildman–Crippen MR) is 41.2 cm³/mol. The molecule has 0 saturated heterocycles. The second-order valence-electron chi connectivity index (χ2n) is 2.09. The van der Waals surface area contributed by atoms with Crippen molar-refractivity contribution in [1.29, 1.82) is 0 Å². The van der Waals surface area contributed by atoms with E-state index < -0.39 is 11.9 Å². The van der Waals surface area contributed by atoms with Crippen LogP contribution in [0.1, 0.15) is 6.92 Å². The molecule has 0 aromatic heterocycles. The van der Waals surface area contributed by atoms with Crippen LogP contribution in [0.25, 0.3) is 0 Å². The molecule has 7 heteroatoms. The fourth-order valence-corrected chi connectivity index (χ4v) is 0.477. The van der Waals surface area contributed by atoms with Gasteiger partial charge in [0.15, 0.2) is 6.73 Å². The monoisotopic (exact) mass is 190 g/mol. The SMILES string of the molecule is COC(=O)CN(COC(C)=O)N=O. The quantitative estimate of drug-likeness (QED) is 0.255. The topological polar surface area (TPSA) is 85.3 Å². The van der Waals surface area contributed by atoms with E-state index in [4.69, 9.17) is 0 Å². The summed E-state index contributed by atoms with van der Waals surface area (Å²) < 4.78 is 8.70. The summed E-state index contributed by atoms with van der Waals surface area (Å²) in [7, 11) is 1.18. The molecule has 0 radical (unpaired) electrons. The van der Waals surface area contributed by atoms with E-state index in [-0.39, 0.29) is 13.3 Å². The summed E-state index contributed by atoms with van der Waals surface area (Å²) in [5, 5.41) is 3.18. The van der Waals surface area contributed by atoms with Gasteiger partial charge in [-0.05, 0) is 0 Å². The van der Waals surface area contributed by atoms with E-state index >= 15 is 0 Å². The second kappa shape index (κ2) is 5.92. The van der Waals surface area contributed by atoms with Crippen LogP contribution in [0.2, 0.25) is 0 Å². The minimum atomic E-state index is -0.633. The Kier molecular flexibility index (Phi) is 5.17. The molecule has 0 amide bonds. The maximum absolute atomic E-state index is 10.6. The lowest BCUT2D eigenvalue weighted by atomic mass is 10.6. The molecule has 13 heavy (non-hydrogen) atoms. The highest BCUT2D eigenvalue weighted by Gasteiger charge is 2.10. The molecule has 0 aliphatic heterocycles. The molecular formula is C6H10N2O5. The molecule has 0 unspecified atom stereocenters. The average molecular weight is 190 g/mol. The number of methoxy groups -OCH3 is 1. The number of ether oxygens (including phenoxy) is 2. The summed E-state index contributed by atoms with van der Waals surface area (Å²) in [6.07, 6.45) is 0. The first-order valence-corrected chi connectivity index (χ1v) is 3.38. The zero-order valence-electron chi connectivity index (χ0n) is 7.35. The van der Waals surface area contributed by atoms with Crippen LogP contribution in [-0.2, 0) is 19.1 Å². The van der Waals surface area contributed by atoms with Crippen molar-refractivity contribution in [2.75, 3.05) is 20.4 Å². The summed E-state index contributed by atoms with van der Waals surface area (Å²) in [6, 6.07) is 0. The van der Waals surface area contributed by atoms with Gasteiger partial charge < -0.3 is 9.47 Å². The van der Waals surface area contributed by atoms with Crippen molar-refractivity contribution >= 4 is 11.9 Å². The molecule has 0 aliphatic carbocycles. The molecule has 0 saturated carbocycles. The molecule has 74 valence electrons. The Morgan fingerprint density at radius 3 is 2.46 bits per heavy atom. The molecule has 0 bridgehead atoms. The van der Waals surface area contributed by atoms with E-state index in [1.54, 1.807) is 0 Å². The second-order valence-corrected chi connectivity index (χ2v) is 2.09. The highest BCUT2D eigenvalue weighted by Crippen LogP contribution is 1.91. The van der Waals surface area contributed by atoms with Gasteiger partial charge in [0.2, 0.25) is 0 Å². The van der Waals surface area contributed by atoms with Crippen LogP contribution in [0.15, 0.2) is 5.29 Å².